The zero-order chi connectivity index (χ0) is 13.2. The Kier molecular flexibility index (Phi) is 7.29. The monoisotopic (exact) mass is 268 g/mol. The second kappa shape index (κ2) is 8.83. The van der Waals surface area contributed by atoms with Crippen LogP contribution in [0.25, 0.3) is 0 Å². The van der Waals surface area contributed by atoms with E-state index < -0.39 is 0 Å². The molecule has 1 aromatic carbocycles. The van der Waals surface area contributed by atoms with Gasteiger partial charge in [-0.3, -0.25) is 0 Å². The fourth-order valence-corrected chi connectivity index (χ4v) is 2.15. The second-order valence-corrected chi connectivity index (χ2v) is 5.02. The minimum Gasteiger partial charge on any atom is -0.394 e. The SMILES string of the molecule is CCC(CO)NC(=O)NCCSc1ccccc1. The predicted molar refractivity (Wildman–Crippen MR) is 74.9 cm³/mol. The third kappa shape index (κ3) is 5.93. The van der Waals surface area contributed by atoms with Gasteiger partial charge in [0.05, 0.1) is 12.6 Å². The maximum atomic E-state index is 11.4. The highest BCUT2D eigenvalue weighted by molar-refractivity contribution is 7.99. The largest absolute Gasteiger partial charge is 0.394 e. The first-order valence-electron chi connectivity index (χ1n) is 6.09. The van der Waals surface area contributed by atoms with Gasteiger partial charge in [0.15, 0.2) is 0 Å². The molecule has 0 aromatic heterocycles. The number of thioether (sulfide) groups is 1. The van der Waals surface area contributed by atoms with Gasteiger partial charge in [0.25, 0.3) is 0 Å². The lowest BCUT2D eigenvalue weighted by Crippen LogP contribution is -2.44. The molecule has 0 radical (unpaired) electrons. The van der Waals surface area contributed by atoms with Gasteiger partial charge in [-0.05, 0) is 18.6 Å². The Morgan fingerprint density at radius 1 is 1.39 bits per heavy atom. The summed E-state index contributed by atoms with van der Waals surface area (Å²) in [6, 6.07) is 9.68. The smallest absolute Gasteiger partial charge is 0.315 e. The molecular weight excluding hydrogens is 248 g/mol. The molecule has 1 aromatic rings. The van der Waals surface area contributed by atoms with Gasteiger partial charge in [-0.1, -0.05) is 25.1 Å². The predicted octanol–water partition coefficient (Wildman–Crippen LogP) is 1.85. The number of aliphatic hydroxyl groups is 1. The highest BCUT2D eigenvalue weighted by atomic mass is 32.2. The third-order valence-corrected chi connectivity index (χ3v) is 3.46. The summed E-state index contributed by atoms with van der Waals surface area (Å²) in [6.07, 6.45) is 0.725. The van der Waals surface area contributed by atoms with E-state index in [1.165, 1.54) is 4.90 Å². The van der Waals surface area contributed by atoms with Crippen molar-refractivity contribution in [2.24, 2.45) is 0 Å². The van der Waals surface area contributed by atoms with Crippen LogP contribution in [0.15, 0.2) is 35.2 Å². The molecule has 3 N–H and O–H groups in total. The van der Waals surface area contributed by atoms with E-state index in [4.69, 9.17) is 5.11 Å². The van der Waals surface area contributed by atoms with Crippen LogP contribution in [0.4, 0.5) is 4.79 Å². The molecule has 18 heavy (non-hydrogen) atoms. The summed E-state index contributed by atoms with van der Waals surface area (Å²) < 4.78 is 0. The summed E-state index contributed by atoms with van der Waals surface area (Å²) in [5.74, 6) is 0.827. The van der Waals surface area contributed by atoms with Gasteiger partial charge in [0, 0.05) is 17.2 Å². The van der Waals surface area contributed by atoms with Gasteiger partial charge >= 0.3 is 6.03 Å². The Balaban J connectivity index is 2.12. The Morgan fingerprint density at radius 2 is 2.11 bits per heavy atom. The van der Waals surface area contributed by atoms with E-state index in [0.717, 1.165) is 12.2 Å². The van der Waals surface area contributed by atoms with Gasteiger partial charge in [0.2, 0.25) is 0 Å². The van der Waals surface area contributed by atoms with Crippen LogP contribution in [-0.2, 0) is 0 Å². The molecule has 4 nitrogen and oxygen atoms in total. The van der Waals surface area contributed by atoms with Gasteiger partial charge in [-0.25, -0.2) is 4.79 Å². The van der Waals surface area contributed by atoms with E-state index in [1.807, 2.05) is 37.3 Å². The zero-order valence-corrected chi connectivity index (χ0v) is 11.4. The molecule has 0 heterocycles. The minimum atomic E-state index is -0.218. The number of hydrogen-bond acceptors (Lipinski definition) is 3. The molecule has 0 aliphatic rings. The number of urea groups is 1. The maximum Gasteiger partial charge on any atom is 0.315 e. The van der Waals surface area contributed by atoms with Crippen molar-refractivity contribution >= 4 is 17.8 Å². The van der Waals surface area contributed by atoms with Crippen molar-refractivity contribution in [1.29, 1.82) is 0 Å². The van der Waals surface area contributed by atoms with Gasteiger partial charge in [-0.2, -0.15) is 0 Å². The molecule has 0 aliphatic heterocycles. The molecule has 0 fully saturated rings. The van der Waals surface area contributed by atoms with E-state index in [0.29, 0.717) is 6.54 Å². The van der Waals surface area contributed by atoms with Crippen molar-refractivity contribution in [3.05, 3.63) is 30.3 Å². The van der Waals surface area contributed by atoms with E-state index in [2.05, 4.69) is 10.6 Å². The van der Waals surface area contributed by atoms with Gasteiger partial charge in [0.1, 0.15) is 0 Å². The second-order valence-electron chi connectivity index (χ2n) is 3.85. The fourth-order valence-electron chi connectivity index (χ4n) is 1.36. The van der Waals surface area contributed by atoms with Crippen molar-refractivity contribution in [2.75, 3.05) is 18.9 Å². The molecule has 1 atom stereocenters. The Bertz CT molecular complexity index is 342. The highest BCUT2D eigenvalue weighted by Crippen LogP contribution is 2.15. The van der Waals surface area contributed by atoms with E-state index in [9.17, 15) is 4.79 Å². The summed E-state index contributed by atoms with van der Waals surface area (Å²) in [5, 5.41) is 14.4. The summed E-state index contributed by atoms with van der Waals surface area (Å²) >= 11 is 1.70. The molecule has 0 saturated carbocycles. The summed E-state index contributed by atoms with van der Waals surface area (Å²) in [7, 11) is 0. The Morgan fingerprint density at radius 3 is 2.72 bits per heavy atom. The van der Waals surface area contributed by atoms with E-state index in [-0.39, 0.29) is 18.7 Å². The third-order valence-electron chi connectivity index (χ3n) is 2.45. The van der Waals surface area contributed by atoms with Crippen LogP contribution in [0.5, 0.6) is 0 Å². The van der Waals surface area contributed by atoms with Crippen LogP contribution in [-0.4, -0.2) is 36.1 Å². The standard InChI is InChI=1S/C13H20N2O2S/c1-2-11(10-16)15-13(17)14-8-9-18-12-6-4-3-5-7-12/h3-7,11,16H,2,8-10H2,1H3,(H2,14,15,17). The minimum absolute atomic E-state index is 0.0251. The number of carbonyl (C=O) groups is 1. The zero-order valence-electron chi connectivity index (χ0n) is 10.6. The van der Waals surface area contributed by atoms with Gasteiger partial charge < -0.3 is 15.7 Å². The quantitative estimate of drug-likeness (QED) is 0.522. The number of aliphatic hydroxyl groups excluding tert-OH is 1. The van der Waals surface area contributed by atoms with Crippen molar-refractivity contribution in [3.8, 4) is 0 Å². The first-order chi connectivity index (χ1) is 8.76. The highest BCUT2D eigenvalue weighted by Gasteiger charge is 2.07. The summed E-state index contributed by atoms with van der Waals surface area (Å²) in [4.78, 5) is 12.6. The van der Waals surface area contributed by atoms with Crippen LogP contribution in [0, 0.1) is 0 Å². The molecule has 1 rings (SSSR count). The first kappa shape index (κ1) is 14.9. The number of rotatable bonds is 7. The van der Waals surface area contributed by atoms with Crippen LogP contribution >= 0.6 is 11.8 Å². The Hall–Kier alpha value is -1.20. The van der Waals surface area contributed by atoms with Crippen LogP contribution in [0.3, 0.4) is 0 Å². The van der Waals surface area contributed by atoms with Crippen molar-refractivity contribution in [3.63, 3.8) is 0 Å². The molecule has 0 spiro atoms. The topological polar surface area (TPSA) is 61.4 Å². The maximum absolute atomic E-state index is 11.4. The van der Waals surface area contributed by atoms with Crippen molar-refractivity contribution in [2.45, 2.75) is 24.3 Å². The molecular formula is C13H20N2O2S. The molecule has 0 saturated heterocycles. The average molecular weight is 268 g/mol. The molecule has 1 unspecified atom stereocenters. The van der Waals surface area contributed by atoms with Crippen LogP contribution < -0.4 is 10.6 Å². The molecule has 5 heteroatoms. The molecule has 0 bridgehead atoms. The van der Waals surface area contributed by atoms with Crippen molar-refractivity contribution in [1.82, 2.24) is 10.6 Å². The summed E-state index contributed by atoms with van der Waals surface area (Å²) in [6.45, 7) is 2.50. The van der Waals surface area contributed by atoms with Gasteiger partial charge in [-0.15, -0.1) is 11.8 Å². The number of amides is 2. The van der Waals surface area contributed by atoms with Crippen LogP contribution in [0.1, 0.15) is 13.3 Å². The van der Waals surface area contributed by atoms with E-state index in [1.54, 1.807) is 11.8 Å². The van der Waals surface area contributed by atoms with Crippen molar-refractivity contribution < 1.29 is 9.90 Å². The number of nitrogens with one attached hydrogen (secondary N) is 2. The average Bonchev–Trinajstić information content (AvgIpc) is 2.42. The lowest BCUT2D eigenvalue weighted by Gasteiger charge is -2.14. The summed E-state index contributed by atoms with van der Waals surface area (Å²) in [5.41, 5.74) is 0. The number of hydrogen-bond donors (Lipinski definition) is 3. The lowest BCUT2D eigenvalue weighted by molar-refractivity contribution is 0.215. The van der Waals surface area contributed by atoms with E-state index >= 15 is 0 Å². The molecule has 0 aliphatic carbocycles. The lowest BCUT2D eigenvalue weighted by atomic mass is 10.2. The molecule has 2 amide bonds. The first-order valence-corrected chi connectivity index (χ1v) is 7.08. The number of carbonyl (C=O) groups excluding carboxylic acids is 1. The normalized spacial score (nSPS) is 11.9. The molecule has 100 valence electrons. The Labute approximate surface area is 112 Å². The number of benzene rings is 1. The fraction of sp³-hybridized carbons (Fsp3) is 0.462. The van der Waals surface area contributed by atoms with Crippen LogP contribution in [0.2, 0.25) is 0 Å².